The van der Waals surface area contributed by atoms with Gasteiger partial charge in [0.05, 0.1) is 7.11 Å². The number of hydrogen-bond acceptors (Lipinski definition) is 3. The Labute approximate surface area is 124 Å². The average Bonchev–Trinajstić information content (AvgIpc) is 2.90. The number of carbonyl (C=O) groups is 1. The molecule has 0 aromatic heterocycles. The van der Waals surface area contributed by atoms with Gasteiger partial charge in [-0.05, 0) is 35.7 Å². The molecule has 2 aromatic rings. The van der Waals surface area contributed by atoms with Crippen LogP contribution >= 0.6 is 0 Å². The summed E-state index contributed by atoms with van der Waals surface area (Å²) in [6, 6.07) is 16.5. The number of benzene rings is 2. The van der Waals surface area contributed by atoms with E-state index in [0.717, 1.165) is 25.2 Å². The van der Waals surface area contributed by atoms with E-state index in [-0.39, 0.29) is 0 Å². The first-order valence-corrected chi connectivity index (χ1v) is 7.03. The molecule has 0 bridgehead atoms. The topological polar surface area (TPSA) is 41.6 Å². The number of ether oxygens (including phenoxy) is 1. The van der Waals surface area contributed by atoms with E-state index in [1.807, 2.05) is 18.2 Å². The molecule has 108 valence electrons. The van der Waals surface area contributed by atoms with Crippen LogP contribution in [-0.2, 0) is 17.7 Å². The van der Waals surface area contributed by atoms with Crippen LogP contribution in [0.25, 0.3) is 0 Å². The van der Waals surface area contributed by atoms with E-state index in [4.69, 9.17) is 0 Å². The van der Waals surface area contributed by atoms with Crippen molar-refractivity contribution in [3.63, 3.8) is 0 Å². The highest BCUT2D eigenvalue weighted by Gasteiger charge is 2.19. The number of nitrogens with one attached hydrogen (secondary N) is 1. The number of fused-ring (bicyclic) bond motifs is 1. The standard InChI is InChI=1S/C17H18N2O2/c1-21-17(20)18-15-7-8-16-14(11-15)9-10-19(16)12-13-5-3-2-4-6-13/h2-8,11H,9-10,12H2,1H3,(H,18,20). The summed E-state index contributed by atoms with van der Waals surface area (Å²) in [5.41, 5.74) is 4.60. The fourth-order valence-corrected chi connectivity index (χ4v) is 2.68. The zero-order valence-electron chi connectivity index (χ0n) is 12.0. The third-order valence-corrected chi connectivity index (χ3v) is 3.72. The zero-order valence-corrected chi connectivity index (χ0v) is 12.0. The molecule has 0 unspecified atom stereocenters. The lowest BCUT2D eigenvalue weighted by Crippen LogP contribution is -2.19. The number of carbonyl (C=O) groups excluding carboxylic acids is 1. The van der Waals surface area contributed by atoms with E-state index in [1.165, 1.54) is 23.9 Å². The Hall–Kier alpha value is -2.49. The van der Waals surface area contributed by atoms with Gasteiger partial charge in [-0.1, -0.05) is 30.3 Å². The van der Waals surface area contributed by atoms with Crippen LogP contribution in [0.2, 0.25) is 0 Å². The molecule has 0 aliphatic carbocycles. The van der Waals surface area contributed by atoms with Gasteiger partial charge in [0, 0.05) is 24.5 Å². The van der Waals surface area contributed by atoms with Crippen molar-refractivity contribution in [2.24, 2.45) is 0 Å². The van der Waals surface area contributed by atoms with E-state index < -0.39 is 6.09 Å². The van der Waals surface area contributed by atoms with Crippen LogP contribution in [-0.4, -0.2) is 19.7 Å². The normalized spacial score (nSPS) is 12.9. The Morgan fingerprint density at radius 2 is 2.05 bits per heavy atom. The second-order valence-corrected chi connectivity index (χ2v) is 5.12. The molecule has 0 fully saturated rings. The predicted molar refractivity (Wildman–Crippen MR) is 83.7 cm³/mol. The fourth-order valence-electron chi connectivity index (χ4n) is 2.68. The molecule has 1 aliphatic heterocycles. The van der Waals surface area contributed by atoms with Crippen molar-refractivity contribution >= 4 is 17.5 Å². The van der Waals surface area contributed by atoms with Gasteiger partial charge in [0.1, 0.15) is 0 Å². The molecular weight excluding hydrogens is 264 g/mol. The van der Waals surface area contributed by atoms with E-state index in [1.54, 1.807) is 0 Å². The average molecular weight is 282 g/mol. The summed E-state index contributed by atoms with van der Waals surface area (Å²) in [6.45, 7) is 1.92. The van der Waals surface area contributed by atoms with Crippen molar-refractivity contribution in [2.45, 2.75) is 13.0 Å². The zero-order chi connectivity index (χ0) is 14.7. The molecule has 1 heterocycles. The molecule has 21 heavy (non-hydrogen) atoms. The summed E-state index contributed by atoms with van der Waals surface area (Å²) >= 11 is 0. The third kappa shape index (κ3) is 2.99. The van der Waals surface area contributed by atoms with Crippen molar-refractivity contribution in [3.05, 3.63) is 59.7 Å². The summed E-state index contributed by atoms with van der Waals surface area (Å²) in [5, 5.41) is 2.71. The lowest BCUT2D eigenvalue weighted by Gasteiger charge is -2.19. The molecule has 0 saturated heterocycles. The quantitative estimate of drug-likeness (QED) is 0.937. The van der Waals surface area contributed by atoms with Crippen LogP contribution in [0.4, 0.5) is 16.2 Å². The SMILES string of the molecule is COC(=O)Nc1ccc2c(c1)CCN2Cc1ccccc1. The van der Waals surface area contributed by atoms with Gasteiger partial charge in [-0.15, -0.1) is 0 Å². The molecule has 1 aliphatic rings. The maximum Gasteiger partial charge on any atom is 0.411 e. The Bertz CT molecular complexity index is 640. The van der Waals surface area contributed by atoms with Crippen molar-refractivity contribution in [2.75, 3.05) is 23.9 Å². The molecule has 0 radical (unpaired) electrons. The van der Waals surface area contributed by atoms with Gasteiger partial charge in [0.15, 0.2) is 0 Å². The molecule has 0 atom stereocenters. The minimum Gasteiger partial charge on any atom is -0.453 e. The number of methoxy groups -OCH3 is 1. The first-order chi connectivity index (χ1) is 10.3. The molecular formula is C17H18N2O2. The Balaban J connectivity index is 1.75. The molecule has 3 rings (SSSR count). The van der Waals surface area contributed by atoms with Gasteiger partial charge in [0.25, 0.3) is 0 Å². The van der Waals surface area contributed by atoms with Crippen molar-refractivity contribution < 1.29 is 9.53 Å². The highest BCUT2D eigenvalue weighted by molar-refractivity contribution is 5.85. The molecule has 2 aromatic carbocycles. The smallest absolute Gasteiger partial charge is 0.411 e. The van der Waals surface area contributed by atoms with Gasteiger partial charge < -0.3 is 9.64 Å². The van der Waals surface area contributed by atoms with E-state index >= 15 is 0 Å². The molecule has 0 spiro atoms. The molecule has 4 heteroatoms. The van der Waals surface area contributed by atoms with Gasteiger partial charge in [-0.25, -0.2) is 4.79 Å². The summed E-state index contributed by atoms with van der Waals surface area (Å²) in [6.07, 6.45) is 0.563. The van der Waals surface area contributed by atoms with Crippen molar-refractivity contribution in [3.8, 4) is 0 Å². The number of rotatable bonds is 3. The summed E-state index contributed by atoms with van der Waals surface area (Å²) in [7, 11) is 1.37. The van der Waals surface area contributed by atoms with Gasteiger partial charge in [0.2, 0.25) is 0 Å². The maximum atomic E-state index is 11.2. The van der Waals surface area contributed by atoms with E-state index in [2.05, 4.69) is 45.3 Å². The number of amides is 1. The predicted octanol–water partition coefficient (Wildman–Crippen LogP) is 3.43. The second kappa shape index (κ2) is 5.87. The monoisotopic (exact) mass is 282 g/mol. The first kappa shape index (κ1) is 13.5. The Morgan fingerprint density at radius 1 is 1.24 bits per heavy atom. The van der Waals surface area contributed by atoms with Gasteiger partial charge in [-0.2, -0.15) is 0 Å². The fraction of sp³-hybridized carbons (Fsp3) is 0.235. The molecule has 1 amide bonds. The Morgan fingerprint density at radius 3 is 2.81 bits per heavy atom. The van der Waals surface area contributed by atoms with Crippen LogP contribution in [0.3, 0.4) is 0 Å². The minimum atomic E-state index is -0.436. The summed E-state index contributed by atoms with van der Waals surface area (Å²) in [5.74, 6) is 0. The molecule has 0 saturated carbocycles. The van der Waals surface area contributed by atoms with Gasteiger partial charge in [-0.3, -0.25) is 5.32 Å². The van der Waals surface area contributed by atoms with E-state index in [0.29, 0.717) is 0 Å². The summed E-state index contributed by atoms with van der Waals surface area (Å²) in [4.78, 5) is 13.6. The highest BCUT2D eigenvalue weighted by Crippen LogP contribution is 2.31. The molecule has 1 N–H and O–H groups in total. The van der Waals surface area contributed by atoms with Crippen molar-refractivity contribution in [1.29, 1.82) is 0 Å². The number of nitrogens with zero attached hydrogens (tertiary/aromatic N) is 1. The number of anilines is 2. The van der Waals surface area contributed by atoms with Crippen LogP contribution in [0, 0.1) is 0 Å². The van der Waals surface area contributed by atoms with Crippen molar-refractivity contribution in [1.82, 2.24) is 0 Å². The third-order valence-electron chi connectivity index (χ3n) is 3.72. The lowest BCUT2D eigenvalue weighted by molar-refractivity contribution is 0.187. The second-order valence-electron chi connectivity index (χ2n) is 5.12. The van der Waals surface area contributed by atoms with Crippen LogP contribution in [0.15, 0.2) is 48.5 Å². The van der Waals surface area contributed by atoms with Crippen LogP contribution in [0.5, 0.6) is 0 Å². The molecule has 4 nitrogen and oxygen atoms in total. The Kier molecular flexibility index (Phi) is 3.77. The van der Waals surface area contributed by atoms with Crippen LogP contribution < -0.4 is 10.2 Å². The summed E-state index contributed by atoms with van der Waals surface area (Å²) < 4.78 is 4.61. The first-order valence-electron chi connectivity index (χ1n) is 7.03. The number of hydrogen-bond donors (Lipinski definition) is 1. The highest BCUT2D eigenvalue weighted by atomic mass is 16.5. The lowest BCUT2D eigenvalue weighted by atomic mass is 10.1. The van der Waals surface area contributed by atoms with Crippen LogP contribution in [0.1, 0.15) is 11.1 Å². The van der Waals surface area contributed by atoms with E-state index in [9.17, 15) is 4.79 Å². The minimum absolute atomic E-state index is 0.436. The largest absolute Gasteiger partial charge is 0.453 e. The maximum absolute atomic E-state index is 11.2. The van der Waals surface area contributed by atoms with Gasteiger partial charge >= 0.3 is 6.09 Å².